The van der Waals surface area contributed by atoms with Crippen LogP contribution >= 0.6 is 0 Å². The summed E-state index contributed by atoms with van der Waals surface area (Å²) < 4.78 is 11.0. The van der Waals surface area contributed by atoms with Gasteiger partial charge >= 0.3 is 12.1 Å². The maximum absolute atomic E-state index is 13.3. The van der Waals surface area contributed by atoms with Crippen LogP contribution in [0.3, 0.4) is 0 Å². The fourth-order valence-electron chi connectivity index (χ4n) is 4.79. The molecule has 186 valence electrons. The molecule has 4 rings (SSSR count). The van der Waals surface area contributed by atoms with E-state index in [4.69, 9.17) is 9.47 Å². The van der Waals surface area contributed by atoms with Crippen molar-refractivity contribution < 1.29 is 29.0 Å². The van der Waals surface area contributed by atoms with Crippen LogP contribution in [0.15, 0.2) is 48.5 Å². The van der Waals surface area contributed by atoms with Crippen LogP contribution in [0.25, 0.3) is 11.1 Å². The second-order valence-corrected chi connectivity index (χ2v) is 9.45. The molecule has 0 spiro atoms. The summed E-state index contributed by atoms with van der Waals surface area (Å²) in [4.78, 5) is 38.9. The molecule has 35 heavy (non-hydrogen) atoms. The van der Waals surface area contributed by atoms with Gasteiger partial charge in [-0.15, -0.1) is 0 Å². The third-order valence-electron chi connectivity index (χ3n) is 7.17. The number of alkyl carbamates (subject to hydrolysis) is 1. The highest BCUT2D eigenvalue weighted by Crippen LogP contribution is 2.44. The van der Waals surface area contributed by atoms with Crippen molar-refractivity contribution in [2.45, 2.75) is 26.2 Å². The molecule has 1 fully saturated rings. The van der Waals surface area contributed by atoms with Gasteiger partial charge in [-0.25, -0.2) is 4.79 Å². The molecule has 1 aliphatic carbocycles. The minimum absolute atomic E-state index is 0.0441. The van der Waals surface area contributed by atoms with Crippen LogP contribution in [0.2, 0.25) is 0 Å². The number of nitrogens with zero attached hydrogens (tertiary/aromatic N) is 1. The van der Waals surface area contributed by atoms with Crippen LogP contribution in [0.5, 0.6) is 0 Å². The maximum Gasteiger partial charge on any atom is 0.407 e. The Kier molecular flexibility index (Phi) is 7.40. The molecule has 2 amide bonds. The van der Waals surface area contributed by atoms with Crippen LogP contribution in [0.1, 0.15) is 37.3 Å². The predicted molar refractivity (Wildman–Crippen MR) is 130 cm³/mol. The molecule has 0 aromatic heterocycles. The highest BCUT2D eigenvalue weighted by molar-refractivity contribution is 5.84. The highest BCUT2D eigenvalue weighted by Gasteiger charge is 2.38. The van der Waals surface area contributed by atoms with Crippen molar-refractivity contribution in [3.63, 3.8) is 0 Å². The fraction of sp³-hybridized carbons (Fsp3) is 0.444. The molecule has 1 aliphatic heterocycles. The summed E-state index contributed by atoms with van der Waals surface area (Å²) >= 11 is 0. The number of carboxylic acids is 1. The molecule has 2 atom stereocenters. The smallest absolute Gasteiger partial charge is 0.407 e. The molecule has 1 heterocycles. The van der Waals surface area contributed by atoms with Crippen LogP contribution in [-0.4, -0.2) is 67.4 Å². The molecule has 2 unspecified atom stereocenters. The van der Waals surface area contributed by atoms with Crippen LogP contribution in [-0.2, 0) is 19.1 Å². The van der Waals surface area contributed by atoms with E-state index in [1.807, 2.05) is 31.2 Å². The highest BCUT2D eigenvalue weighted by atomic mass is 16.5. The summed E-state index contributed by atoms with van der Waals surface area (Å²) in [6.45, 7) is 4.72. The molecule has 2 N–H and O–H groups in total. The average Bonchev–Trinajstić information content (AvgIpc) is 3.01. The summed E-state index contributed by atoms with van der Waals surface area (Å²) in [6.07, 6.45) is -0.105. The van der Waals surface area contributed by atoms with E-state index in [2.05, 4.69) is 29.6 Å². The van der Waals surface area contributed by atoms with E-state index in [1.165, 1.54) is 4.90 Å². The standard InChI is InChI=1S/C27H32N2O6/c1-3-27(2,25(32)29-12-13-34-15-18(14-29)24(30)31)17-28-26(33)35-16-23-21-10-6-4-8-19(21)20-9-5-7-11-22(20)23/h4-11,18,23H,3,12-17H2,1-2H3,(H,28,33)(H,30,31). The van der Waals surface area contributed by atoms with Crippen molar-refractivity contribution in [1.29, 1.82) is 0 Å². The third kappa shape index (κ3) is 5.17. The molecule has 2 aromatic carbocycles. The second-order valence-electron chi connectivity index (χ2n) is 9.45. The van der Waals surface area contributed by atoms with E-state index >= 15 is 0 Å². The minimum atomic E-state index is -0.986. The summed E-state index contributed by atoms with van der Waals surface area (Å²) in [6, 6.07) is 16.3. The summed E-state index contributed by atoms with van der Waals surface area (Å²) in [5.41, 5.74) is 3.68. The Morgan fingerprint density at radius 2 is 1.74 bits per heavy atom. The van der Waals surface area contributed by atoms with Crippen molar-refractivity contribution in [2.24, 2.45) is 11.3 Å². The lowest BCUT2D eigenvalue weighted by Crippen LogP contribution is -2.50. The Bertz CT molecular complexity index is 1060. The van der Waals surface area contributed by atoms with Crippen LogP contribution < -0.4 is 5.32 Å². The number of nitrogens with one attached hydrogen (secondary N) is 1. The summed E-state index contributed by atoms with van der Waals surface area (Å²) in [5.74, 6) is -1.99. The second kappa shape index (κ2) is 10.5. The molecule has 2 aliphatic rings. The van der Waals surface area contributed by atoms with Gasteiger partial charge in [-0.3, -0.25) is 9.59 Å². The largest absolute Gasteiger partial charge is 0.481 e. The van der Waals surface area contributed by atoms with Gasteiger partial charge in [0.15, 0.2) is 0 Å². The Morgan fingerprint density at radius 3 is 2.34 bits per heavy atom. The Morgan fingerprint density at radius 1 is 1.11 bits per heavy atom. The number of carbonyl (C=O) groups excluding carboxylic acids is 2. The van der Waals surface area contributed by atoms with E-state index in [9.17, 15) is 19.5 Å². The first-order valence-corrected chi connectivity index (χ1v) is 12.0. The fourth-order valence-corrected chi connectivity index (χ4v) is 4.79. The first-order valence-electron chi connectivity index (χ1n) is 12.0. The SMILES string of the molecule is CCC(C)(CNC(=O)OCC1c2ccccc2-c2ccccc21)C(=O)N1CCOCC(C(=O)O)C1. The zero-order valence-corrected chi connectivity index (χ0v) is 20.2. The Balaban J connectivity index is 1.37. The first kappa shape index (κ1) is 24.7. The van der Waals surface area contributed by atoms with Crippen LogP contribution in [0.4, 0.5) is 4.79 Å². The number of amides is 2. The van der Waals surface area contributed by atoms with E-state index < -0.39 is 23.4 Å². The number of rotatable bonds is 7. The third-order valence-corrected chi connectivity index (χ3v) is 7.17. The number of carboxylic acid groups (broad SMARTS) is 1. The number of benzene rings is 2. The van der Waals surface area contributed by atoms with Crippen LogP contribution in [0, 0.1) is 11.3 Å². The van der Waals surface area contributed by atoms with E-state index in [1.54, 1.807) is 6.92 Å². The Labute approximate surface area is 205 Å². The normalized spacial score (nSPS) is 19.1. The zero-order valence-electron chi connectivity index (χ0n) is 20.2. The number of hydrogen-bond donors (Lipinski definition) is 2. The molecular weight excluding hydrogens is 448 g/mol. The quantitative estimate of drug-likeness (QED) is 0.629. The van der Waals surface area contributed by atoms with Gasteiger partial charge in [0.25, 0.3) is 0 Å². The van der Waals surface area contributed by atoms with Crippen molar-refractivity contribution in [2.75, 3.05) is 39.5 Å². The van der Waals surface area contributed by atoms with Gasteiger partial charge in [0.05, 0.1) is 24.5 Å². The van der Waals surface area contributed by atoms with Gasteiger partial charge in [-0.2, -0.15) is 0 Å². The van der Waals surface area contributed by atoms with Crippen molar-refractivity contribution in [3.05, 3.63) is 59.7 Å². The number of hydrogen-bond acceptors (Lipinski definition) is 5. The molecule has 0 radical (unpaired) electrons. The van der Waals surface area contributed by atoms with Gasteiger partial charge in [0.1, 0.15) is 6.61 Å². The minimum Gasteiger partial charge on any atom is -0.481 e. The molecule has 0 saturated carbocycles. The predicted octanol–water partition coefficient (Wildman–Crippen LogP) is 3.50. The Hall–Kier alpha value is -3.39. The molecule has 8 heteroatoms. The lowest BCUT2D eigenvalue weighted by atomic mass is 9.85. The first-order chi connectivity index (χ1) is 16.8. The summed E-state index contributed by atoms with van der Waals surface area (Å²) in [7, 11) is 0. The number of ether oxygens (including phenoxy) is 2. The molecule has 1 saturated heterocycles. The molecule has 0 bridgehead atoms. The van der Waals surface area contributed by atoms with Crippen molar-refractivity contribution >= 4 is 18.0 Å². The molecule has 2 aromatic rings. The molecular formula is C27H32N2O6. The average molecular weight is 481 g/mol. The zero-order chi connectivity index (χ0) is 25.0. The van der Waals surface area contributed by atoms with E-state index in [0.717, 1.165) is 22.3 Å². The number of carbonyl (C=O) groups is 3. The van der Waals surface area contributed by atoms with Crippen molar-refractivity contribution in [3.8, 4) is 11.1 Å². The van der Waals surface area contributed by atoms with E-state index in [-0.39, 0.29) is 44.7 Å². The van der Waals surface area contributed by atoms with Gasteiger partial charge in [-0.05, 0) is 35.6 Å². The van der Waals surface area contributed by atoms with E-state index in [0.29, 0.717) is 13.0 Å². The van der Waals surface area contributed by atoms with Gasteiger partial charge in [0.2, 0.25) is 5.91 Å². The lowest BCUT2D eigenvalue weighted by molar-refractivity contribution is -0.146. The maximum atomic E-state index is 13.3. The van der Waals surface area contributed by atoms with Gasteiger partial charge in [-0.1, -0.05) is 55.5 Å². The topological polar surface area (TPSA) is 105 Å². The summed E-state index contributed by atoms with van der Waals surface area (Å²) in [5, 5.41) is 12.1. The monoisotopic (exact) mass is 480 g/mol. The number of fused-ring (bicyclic) bond motifs is 3. The van der Waals surface area contributed by atoms with Gasteiger partial charge < -0.3 is 24.8 Å². The molecule has 8 nitrogen and oxygen atoms in total. The lowest BCUT2D eigenvalue weighted by Gasteiger charge is -2.34. The number of aliphatic carboxylic acids is 1. The van der Waals surface area contributed by atoms with Gasteiger partial charge in [0, 0.05) is 25.6 Å². The van der Waals surface area contributed by atoms with Crippen molar-refractivity contribution in [1.82, 2.24) is 10.2 Å².